The number of fused-ring (bicyclic) bond motifs is 1. The number of pyridine rings is 1. The molecular formula is C20H16BrN3. The predicted molar refractivity (Wildman–Crippen MR) is 101 cm³/mol. The van der Waals surface area contributed by atoms with Crippen molar-refractivity contribution in [2.75, 3.05) is 0 Å². The highest BCUT2D eigenvalue weighted by atomic mass is 79.9. The number of aromatic amines is 1. The Balaban J connectivity index is 1.76. The zero-order valence-corrected chi connectivity index (χ0v) is 14.8. The fourth-order valence-electron chi connectivity index (χ4n) is 2.84. The molecule has 0 spiro atoms. The Kier molecular flexibility index (Phi) is 3.90. The molecule has 2 aromatic carbocycles. The minimum absolute atomic E-state index is 0.767. The van der Waals surface area contributed by atoms with Crippen LogP contribution in [0.1, 0.15) is 16.8 Å². The first-order chi connectivity index (χ1) is 11.7. The van der Waals surface area contributed by atoms with Crippen molar-refractivity contribution in [3.63, 3.8) is 0 Å². The van der Waals surface area contributed by atoms with Crippen molar-refractivity contribution in [3.05, 3.63) is 82.1 Å². The third-order valence-electron chi connectivity index (χ3n) is 4.05. The number of hydrogen-bond donors (Lipinski definition) is 1. The summed E-state index contributed by atoms with van der Waals surface area (Å²) in [6, 6.07) is 18.7. The summed E-state index contributed by atoms with van der Waals surface area (Å²) >= 11 is 3.47. The van der Waals surface area contributed by atoms with Gasteiger partial charge in [0.05, 0.1) is 11.2 Å². The van der Waals surface area contributed by atoms with Gasteiger partial charge in [0.2, 0.25) is 0 Å². The van der Waals surface area contributed by atoms with Crippen molar-refractivity contribution in [3.8, 4) is 11.4 Å². The van der Waals surface area contributed by atoms with Crippen LogP contribution in [0.15, 0.2) is 65.3 Å². The molecule has 0 fully saturated rings. The van der Waals surface area contributed by atoms with E-state index >= 15 is 0 Å². The molecular weight excluding hydrogens is 362 g/mol. The summed E-state index contributed by atoms with van der Waals surface area (Å²) in [4.78, 5) is 12.8. The topological polar surface area (TPSA) is 41.6 Å². The van der Waals surface area contributed by atoms with Crippen LogP contribution in [0.3, 0.4) is 0 Å². The Morgan fingerprint density at radius 3 is 2.67 bits per heavy atom. The molecule has 3 nitrogen and oxygen atoms in total. The van der Waals surface area contributed by atoms with Gasteiger partial charge in [0.1, 0.15) is 11.3 Å². The van der Waals surface area contributed by atoms with Crippen LogP contribution >= 0.6 is 15.9 Å². The molecule has 4 rings (SSSR count). The Bertz CT molecular complexity index is 1000. The second-order valence-electron chi connectivity index (χ2n) is 5.91. The minimum Gasteiger partial charge on any atom is -0.338 e. The average molecular weight is 378 g/mol. The lowest BCUT2D eigenvalue weighted by atomic mass is 10.1. The molecule has 0 aliphatic carbocycles. The highest BCUT2D eigenvalue weighted by molar-refractivity contribution is 9.10. The van der Waals surface area contributed by atoms with E-state index in [0.717, 1.165) is 39.0 Å². The average Bonchev–Trinajstić information content (AvgIpc) is 3.02. The van der Waals surface area contributed by atoms with Gasteiger partial charge >= 0.3 is 0 Å². The van der Waals surface area contributed by atoms with E-state index in [0.29, 0.717) is 0 Å². The first-order valence-electron chi connectivity index (χ1n) is 7.84. The van der Waals surface area contributed by atoms with Crippen LogP contribution in [0.2, 0.25) is 0 Å². The second kappa shape index (κ2) is 6.21. The summed E-state index contributed by atoms with van der Waals surface area (Å²) < 4.78 is 1.08. The number of nitrogens with one attached hydrogen (secondary N) is 1. The van der Waals surface area contributed by atoms with E-state index in [1.807, 2.05) is 12.3 Å². The Labute approximate surface area is 148 Å². The third kappa shape index (κ3) is 2.97. The summed E-state index contributed by atoms with van der Waals surface area (Å²) in [6.45, 7) is 2.09. The van der Waals surface area contributed by atoms with E-state index in [-0.39, 0.29) is 0 Å². The maximum Gasteiger partial charge on any atom is 0.138 e. The molecule has 0 aliphatic heterocycles. The molecule has 0 aliphatic rings. The number of nitrogens with zero attached hydrogens (tertiary/aromatic N) is 2. The van der Waals surface area contributed by atoms with E-state index < -0.39 is 0 Å². The van der Waals surface area contributed by atoms with Crippen molar-refractivity contribution in [2.24, 2.45) is 0 Å². The van der Waals surface area contributed by atoms with Crippen molar-refractivity contribution in [2.45, 2.75) is 13.3 Å². The monoisotopic (exact) mass is 377 g/mol. The van der Waals surface area contributed by atoms with E-state index in [9.17, 15) is 0 Å². The van der Waals surface area contributed by atoms with Gasteiger partial charge in [-0.2, -0.15) is 0 Å². The van der Waals surface area contributed by atoms with E-state index in [2.05, 4.69) is 81.4 Å². The molecule has 118 valence electrons. The molecule has 2 heterocycles. The molecule has 24 heavy (non-hydrogen) atoms. The van der Waals surface area contributed by atoms with E-state index in [1.54, 1.807) is 0 Å². The highest BCUT2D eigenvalue weighted by Gasteiger charge is 2.10. The fraction of sp³-hybridized carbons (Fsp3) is 0.100. The molecule has 0 amide bonds. The summed E-state index contributed by atoms with van der Waals surface area (Å²) in [7, 11) is 0. The van der Waals surface area contributed by atoms with Crippen LogP contribution in [0.5, 0.6) is 0 Å². The molecule has 0 atom stereocenters. The number of imidazole rings is 1. The van der Waals surface area contributed by atoms with Crippen LogP contribution in [0.25, 0.3) is 22.4 Å². The standard InChI is InChI=1S/C20H16BrN3/c1-13-3-2-4-15(11-13)20-23-17-9-10-22-18(19(17)24-20)12-14-5-7-16(21)8-6-14/h2-11H,12H2,1H3,(H,23,24). The van der Waals surface area contributed by atoms with Crippen molar-refractivity contribution >= 4 is 27.0 Å². The fourth-order valence-corrected chi connectivity index (χ4v) is 3.11. The Hall–Kier alpha value is -2.46. The smallest absolute Gasteiger partial charge is 0.138 e. The summed E-state index contributed by atoms with van der Waals surface area (Å²) in [5, 5.41) is 0. The Morgan fingerprint density at radius 1 is 1.04 bits per heavy atom. The molecule has 0 saturated heterocycles. The largest absolute Gasteiger partial charge is 0.338 e. The minimum atomic E-state index is 0.767. The van der Waals surface area contributed by atoms with E-state index in [1.165, 1.54) is 11.1 Å². The zero-order chi connectivity index (χ0) is 16.5. The van der Waals surface area contributed by atoms with Gasteiger partial charge in [-0.15, -0.1) is 0 Å². The number of H-pyrrole nitrogens is 1. The summed E-state index contributed by atoms with van der Waals surface area (Å²) in [5.74, 6) is 0.888. The SMILES string of the molecule is Cc1cccc(-c2nc3c(Cc4ccc(Br)cc4)nccc3[nH]2)c1. The number of aromatic nitrogens is 3. The van der Waals surface area contributed by atoms with Gasteiger partial charge in [-0.3, -0.25) is 4.98 Å². The number of aryl methyl sites for hydroxylation is 1. The molecule has 4 aromatic rings. The zero-order valence-electron chi connectivity index (χ0n) is 13.3. The Morgan fingerprint density at radius 2 is 1.88 bits per heavy atom. The predicted octanol–water partition coefficient (Wildman–Crippen LogP) is 5.29. The van der Waals surface area contributed by atoms with Crippen molar-refractivity contribution in [1.82, 2.24) is 15.0 Å². The van der Waals surface area contributed by atoms with Crippen LogP contribution < -0.4 is 0 Å². The maximum atomic E-state index is 4.81. The van der Waals surface area contributed by atoms with Crippen LogP contribution in [0, 0.1) is 6.92 Å². The van der Waals surface area contributed by atoms with Gasteiger partial charge in [-0.05, 0) is 36.8 Å². The number of hydrogen-bond acceptors (Lipinski definition) is 2. The maximum absolute atomic E-state index is 4.81. The third-order valence-corrected chi connectivity index (χ3v) is 4.58. The van der Waals surface area contributed by atoms with Gasteiger partial charge < -0.3 is 4.98 Å². The normalized spacial score (nSPS) is 11.1. The van der Waals surface area contributed by atoms with Gasteiger partial charge in [0.25, 0.3) is 0 Å². The van der Waals surface area contributed by atoms with Gasteiger partial charge in [0, 0.05) is 22.7 Å². The van der Waals surface area contributed by atoms with Gasteiger partial charge in [-0.25, -0.2) is 4.98 Å². The van der Waals surface area contributed by atoms with Crippen molar-refractivity contribution < 1.29 is 0 Å². The van der Waals surface area contributed by atoms with Crippen molar-refractivity contribution in [1.29, 1.82) is 0 Å². The summed E-state index contributed by atoms with van der Waals surface area (Å²) in [6.07, 6.45) is 2.61. The quantitative estimate of drug-likeness (QED) is 0.527. The lowest BCUT2D eigenvalue weighted by Gasteiger charge is -2.02. The second-order valence-corrected chi connectivity index (χ2v) is 6.83. The number of benzene rings is 2. The lowest BCUT2D eigenvalue weighted by molar-refractivity contribution is 1.09. The van der Waals surface area contributed by atoms with Crippen LogP contribution in [-0.2, 0) is 6.42 Å². The lowest BCUT2D eigenvalue weighted by Crippen LogP contribution is -1.93. The molecule has 1 N–H and O–H groups in total. The van der Waals surface area contributed by atoms with Crippen LogP contribution in [-0.4, -0.2) is 15.0 Å². The van der Waals surface area contributed by atoms with E-state index in [4.69, 9.17) is 4.98 Å². The first-order valence-corrected chi connectivity index (χ1v) is 8.63. The first kappa shape index (κ1) is 15.1. The highest BCUT2D eigenvalue weighted by Crippen LogP contribution is 2.24. The molecule has 0 bridgehead atoms. The van der Waals surface area contributed by atoms with Gasteiger partial charge in [-0.1, -0.05) is 51.8 Å². The molecule has 2 aromatic heterocycles. The van der Waals surface area contributed by atoms with Gasteiger partial charge in [0.15, 0.2) is 0 Å². The molecule has 0 saturated carbocycles. The number of halogens is 1. The number of rotatable bonds is 3. The molecule has 0 radical (unpaired) electrons. The summed E-state index contributed by atoms with van der Waals surface area (Å²) in [5.41, 5.74) is 6.50. The molecule has 0 unspecified atom stereocenters. The van der Waals surface area contributed by atoms with Crippen LogP contribution in [0.4, 0.5) is 0 Å². The molecule has 4 heteroatoms.